The fourth-order valence-electron chi connectivity index (χ4n) is 1.35. The molecule has 82 valence electrons. The van der Waals surface area contributed by atoms with E-state index >= 15 is 0 Å². The highest BCUT2D eigenvalue weighted by Crippen LogP contribution is 2.16. The van der Waals surface area contributed by atoms with E-state index in [1.54, 1.807) is 0 Å². The standard InChI is InChI=1S/C12H22O2/c1-2-3-4-6-9-13-10-7-5-8-12-11-14-12/h3-4,12H,2,5-11H2,1H3. The van der Waals surface area contributed by atoms with Gasteiger partial charge in [-0.05, 0) is 32.1 Å². The number of hydrogen-bond donors (Lipinski definition) is 0. The Kier molecular flexibility index (Phi) is 6.71. The maximum Gasteiger partial charge on any atom is 0.0810 e. The SMILES string of the molecule is CCC=CCCOCCCCC1CO1. The molecule has 0 radical (unpaired) electrons. The van der Waals surface area contributed by atoms with Crippen LogP contribution in [0.5, 0.6) is 0 Å². The van der Waals surface area contributed by atoms with E-state index in [9.17, 15) is 0 Å². The van der Waals surface area contributed by atoms with Crippen LogP contribution in [0.4, 0.5) is 0 Å². The van der Waals surface area contributed by atoms with Gasteiger partial charge in [0.25, 0.3) is 0 Å². The first-order chi connectivity index (χ1) is 6.93. The van der Waals surface area contributed by atoms with Crippen LogP contribution in [0.1, 0.15) is 39.0 Å². The Labute approximate surface area is 87.3 Å². The second-order valence-corrected chi connectivity index (χ2v) is 3.73. The Morgan fingerprint density at radius 1 is 1.29 bits per heavy atom. The quantitative estimate of drug-likeness (QED) is 0.323. The Balaban J connectivity index is 1.68. The molecule has 1 aliphatic rings. The van der Waals surface area contributed by atoms with Crippen LogP contribution in [0.2, 0.25) is 0 Å². The molecule has 14 heavy (non-hydrogen) atoms. The summed E-state index contributed by atoms with van der Waals surface area (Å²) in [5.74, 6) is 0. The van der Waals surface area contributed by atoms with Gasteiger partial charge in [-0.3, -0.25) is 0 Å². The van der Waals surface area contributed by atoms with Crippen molar-refractivity contribution in [1.29, 1.82) is 0 Å². The van der Waals surface area contributed by atoms with E-state index in [-0.39, 0.29) is 0 Å². The summed E-state index contributed by atoms with van der Waals surface area (Å²) in [5.41, 5.74) is 0. The van der Waals surface area contributed by atoms with Crippen molar-refractivity contribution < 1.29 is 9.47 Å². The lowest BCUT2D eigenvalue weighted by Crippen LogP contribution is -1.96. The molecule has 1 fully saturated rings. The number of hydrogen-bond acceptors (Lipinski definition) is 2. The summed E-state index contributed by atoms with van der Waals surface area (Å²) in [6.45, 7) is 4.92. The maximum atomic E-state index is 5.49. The molecule has 0 amide bonds. The maximum absolute atomic E-state index is 5.49. The number of ether oxygens (including phenoxy) is 2. The molecule has 2 heteroatoms. The smallest absolute Gasteiger partial charge is 0.0810 e. The van der Waals surface area contributed by atoms with Crippen molar-refractivity contribution >= 4 is 0 Å². The molecule has 0 aromatic carbocycles. The van der Waals surface area contributed by atoms with Crippen molar-refractivity contribution in [1.82, 2.24) is 0 Å². The minimum absolute atomic E-state index is 0.586. The first-order valence-electron chi connectivity index (χ1n) is 5.78. The van der Waals surface area contributed by atoms with Gasteiger partial charge in [-0.1, -0.05) is 19.1 Å². The monoisotopic (exact) mass is 198 g/mol. The Bertz CT molecular complexity index is 150. The normalized spacial score (nSPS) is 20.5. The topological polar surface area (TPSA) is 21.8 Å². The number of allylic oxidation sites excluding steroid dienone is 1. The largest absolute Gasteiger partial charge is 0.381 e. The third-order valence-corrected chi connectivity index (χ3v) is 2.30. The van der Waals surface area contributed by atoms with Crippen molar-refractivity contribution in [2.24, 2.45) is 0 Å². The van der Waals surface area contributed by atoms with E-state index in [0.29, 0.717) is 6.10 Å². The van der Waals surface area contributed by atoms with Gasteiger partial charge in [-0.25, -0.2) is 0 Å². The summed E-state index contributed by atoms with van der Waals surface area (Å²) in [6, 6.07) is 0. The van der Waals surface area contributed by atoms with E-state index in [1.807, 2.05) is 0 Å². The molecule has 0 bridgehead atoms. The number of rotatable bonds is 9. The Morgan fingerprint density at radius 3 is 2.86 bits per heavy atom. The lowest BCUT2D eigenvalue weighted by molar-refractivity contribution is 0.134. The zero-order valence-corrected chi connectivity index (χ0v) is 9.21. The molecule has 0 aromatic rings. The molecule has 1 heterocycles. The van der Waals surface area contributed by atoms with Crippen molar-refractivity contribution in [3.63, 3.8) is 0 Å². The summed E-state index contributed by atoms with van der Waals surface area (Å²) in [4.78, 5) is 0. The molecular formula is C12H22O2. The highest BCUT2D eigenvalue weighted by Gasteiger charge is 2.20. The molecule has 1 atom stereocenters. The van der Waals surface area contributed by atoms with Crippen LogP contribution >= 0.6 is 0 Å². The lowest BCUT2D eigenvalue weighted by atomic mass is 10.2. The van der Waals surface area contributed by atoms with Gasteiger partial charge in [0.05, 0.1) is 19.3 Å². The fourth-order valence-corrected chi connectivity index (χ4v) is 1.35. The van der Waals surface area contributed by atoms with E-state index in [4.69, 9.17) is 9.47 Å². The van der Waals surface area contributed by atoms with Crippen LogP contribution in [0.3, 0.4) is 0 Å². The minimum Gasteiger partial charge on any atom is -0.381 e. The molecule has 0 aliphatic carbocycles. The first-order valence-corrected chi connectivity index (χ1v) is 5.78. The van der Waals surface area contributed by atoms with E-state index < -0.39 is 0 Å². The van der Waals surface area contributed by atoms with Crippen LogP contribution in [0, 0.1) is 0 Å². The summed E-state index contributed by atoms with van der Waals surface area (Å²) in [5, 5.41) is 0. The van der Waals surface area contributed by atoms with Crippen LogP contribution in [0.15, 0.2) is 12.2 Å². The molecule has 1 saturated heterocycles. The highest BCUT2D eigenvalue weighted by molar-refractivity contribution is 4.79. The van der Waals surface area contributed by atoms with Crippen molar-refractivity contribution in [3.05, 3.63) is 12.2 Å². The highest BCUT2D eigenvalue weighted by atomic mass is 16.6. The van der Waals surface area contributed by atoms with Gasteiger partial charge in [-0.2, -0.15) is 0 Å². The lowest BCUT2D eigenvalue weighted by Gasteiger charge is -2.01. The second-order valence-electron chi connectivity index (χ2n) is 3.73. The van der Waals surface area contributed by atoms with Crippen LogP contribution in [-0.2, 0) is 9.47 Å². The van der Waals surface area contributed by atoms with Gasteiger partial charge in [0.1, 0.15) is 0 Å². The van der Waals surface area contributed by atoms with Gasteiger partial charge < -0.3 is 9.47 Å². The van der Waals surface area contributed by atoms with Gasteiger partial charge in [0.15, 0.2) is 0 Å². The summed E-state index contributed by atoms with van der Waals surface area (Å²) >= 11 is 0. The van der Waals surface area contributed by atoms with Crippen molar-refractivity contribution in [2.75, 3.05) is 19.8 Å². The third-order valence-electron chi connectivity index (χ3n) is 2.30. The van der Waals surface area contributed by atoms with Crippen molar-refractivity contribution in [2.45, 2.75) is 45.1 Å². The second kappa shape index (κ2) is 8.01. The molecule has 0 aromatic heterocycles. The number of unbranched alkanes of at least 4 members (excludes halogenated alkanes) is 1. The van der Waals surface area contributed by atoms with Crippen LogP contribution < -0.4 is 0 Å². The zero-order valence-electron chi connectivity index (χ0n) is 9.21. The van der Waals surface area contributed by atoms with Gasteiger partial charge >= 0.3 is 0 Å². The molecule has 1 unspecified atom stereocenters. The predicted octanol–water partition coefficient (Wildman–Crippen LogP) is 2.93. The van der Waals surface area contributed by atoms with Gasteiger partial charge in [0.2, 0.25) is 0 Å². The number of epoxide rings is 1. The fraction of sp³-hybridized carbons (Fsp3) is 0.833. The summed E-state index contributed by atoms with van der Waals surface area (Å²) in [6.07, 6.45) is 10.8. The molecule has 2 nitrogen and oxygen atoms in total. The molecular weight excluding hydrogens is 176 g/mol. The van der Waals surface area contributed by atoms with E-state index in [0.717, 1.165) is 32.7 Å². The van der Waals surface area contributed by atoms with E-state index in [2.05, 4.69) is 19.1 Å². The predicted molar refractivity (Wildman–Crippen MR) is 58.5 cm³/mol. The Hall–Kier alpha value is -0.340. The van der Waals surface area contributed by atoms with Gasteiger partial charge in [0, 0.05) is 6.61 Å². The molecule has 0 N–H and O–H groups in total. The zero-order chi connectivity index (χ0) is 10.1. The van der Waals surface area contributed by atoms with Gasteiger partial charge in [-0.15, -0.1) is 0 Å². The van der Waals surface area contributed by atoms with E-state index in [1.165, 1.54) is 19.3 Å². The average Bonchev–Trinajstić information content (AvgIpc) is 2.99. The summed E-state index contributed by atoms with van der Waals surface area (Å²) < 4.78 is 10.6. The van der Waals surface area contributed by atoms with Crippen LogP contribution in [-0.4, -0.2) is 25.9 Å². The molecule has 1 rings (SSSR count). The average molecular weight is 198 g/mol. The summed E-state index contributed by atoms with van der Waals surface area (Å²) in [7, 11) is 0. The first kappa shape index (κ1) is 11.7. The van der Waals surface area contributed by atoms with Crippen LogP contribution in [0.25, 0.3) is 0 Å². The molecule has 0 spiro atoms. The minimum atomic E-state index is 0.586. The molecule has 1 aliphatic heterocycles. The van der Waals surface area contributed by atoms with Crippen molar-refractivity contribution in [3.8, 4) is 0 Å². The Morgan fingerprint density at radius 2 is 2.14 bits per heavy atom. The molecule has 0 saturated carbocycles. The third kappa shape index (κ3) is 7.10.